The van der Waals surface area contributed by atoms with Crippen molar-refractivity contribution in [2.24, 2.45) is 7.05 Å². The second kappa shape index (κ2) is 8.52. The molecule has 0 fully saturated rings. The molecule has 0 radical (unpaired) electrons. The molecule has 3 aromatic rings. The molecule has 142 valence electrons. The predicted octanol–water partition coefficient (Wildman–Crippen LogP) is 2.26. The molecule has 0 saturated heterocycles. The Morgan fingerprint density at radius 3 is 2.70 bits per heavy atom. The standard InChI is InChI=1S/C18H22FN7O/c1-3-15(16-10-11-20-25(16)2)21-17(27)5-4-12-26-23-18(22-24-26)13-6-8-14(19)9-7-13/h6-11,15H,3-5,12H2,1-2H3,(H,21,27). The Hall–Kier alpha value is -3.10. The Morgan fingerprint density at radius 1 is 1.26 bits per heavy atom. The van der Waals surface area contributed by atoms with Crippen molar-refractivity contribution in [2.45, 2.75) is 38.8 Å². The molecule has 8 nitrogen and oxygen atoms in total. The Balaban J connectivity index is 1.49. The SMILES string of the molecule is CCC(NC(=O)CCCn1nnc(-c2ccc(F)cc2)n1)c1ccnn1C. The lowest BCUT2D eigenvalue weighted by Crippen LogP contribution is -2.29. The molecule has 0 aliphatic rings. The molecule has 1 atom stereocenters. The summed E-state index contributed by atoms with van der Waals surface area (Å²) in [6.45, 7) is 2.50. The Kier molecular flexibility index (Phi) is 5.90. The molecule has 1 unspecified atom stereocenters. The van der Waals surface area contributed by atoms with E-state index in [0.29, 0.717) is 30.8 Å². The van der Waals surface area contributed by atoms with Crippen LogP contribution in [0.2, 0.25) is 0 Å². The highest BCUT2D eigenvalue weighted by molar-refractivity contribution is 5.76. The van der Waals surface area contributed by atoms with Crippen LogP contribution in [0.25, 0.3) is 11.4 Å². The number of aromatic nitrogens is 6. The zero-order chi connectivity index (χ0) is 19.2. The number of hydrogen-bond acceptors (Lipinski definition) is 5. The van der Waals surface area contributed by atoms with Gasteiger partial charge in [-0.1, -0.05) is 6.92 Å². The summed E-state index contributed by atoms with van der Waals surface area (Å²) in [6.07, 6.45) is 3.46. The molecule has 3 rings (SSSR count). The maximum absolute atomic E-state index is 13.0. The second-order valence-electron chi connectivity index (χ2n) is 6.23. The predicted molar refractivity (Wildman–Crippen MR) is 96.8 cm³/mol. The number of carbonyl (C=O) groups excluding carboxylic acids is 1. The van der Waals surface area contributed by atoms with Gasteiger partial charge in [-0.2, -0.15) is 9.90 Å². The van der Waals surface area contributed by atoms with Crippen LogP contribution >= 0.6 is 0 Å². The average molecular weight is 371 g/mol. The normalized spacial score (nSPS) is 12.1. The first-order chi connectivity index (χ1) is 13.1. The number of carbonyl (C=O) groups is 1. The van der Waals surface area contributed by atoms with Crippen LogP contribution in [0.4, 0.5) is 4.39 Å². The van der Waals surface area contributed by atoms with Gasteiger partial charge in [0.2, 0.25) is 11.7 Å². The summed E-state index contributed by atoms with van der Waals surface area (Å²) >= 11 is 0. The first-order valence-electron chi connectivity index (χ1n) is 8.88. The summed E-state index contributed by atoms with van der Waals surface area (Å²) < 4.78 is 14.7. The van der Waals surface area contributed by atoms with E-state index < -0.39 is 0 Å². The van der Waals surface area contributed by atoms with Crippen molar-refractivity contribution in [2.75, 3.05) is 0 Å². The van der Waals surface area contributed by atoms with Crippen LogP contribution in [0.1, 0.15) is 37.9 Å². The van der Waals surface area contributed by atoms with Crippen molar-refractivity contribution in [1.29, 1.82) is 0 Å². The smallest absolute Gasteiger partial charge is 0.220 e. The maximum atomic E-state index is 13.0. The van der Waals surface area contributed by atoms with E-state index >= 15 is 0 Å². The van der Waals surface area contributed by atoms with E-state index in [-0.39, 0.29) is 17.8 Å². The Labute approximate surface area is 156 Å². The zero-order valence-electron chi connectivity index (χ0n) is 15.3. The average Bonchev–Trinajstić information content (AvgIpc) is 3.30. The fourth-order valence-electron chi connectivity index (χ4n) is 2.81. The van der Waals surface area contributed by atoms with Gasteiger partial charge in [0.25, 0.3) is 0 Å². The van der Waals surface area contributed by atoms with Gasteiger partial charge in [-0.25, -0.2) is 4.39 Å². The van der Waals surface area contributed by atoms with Crippen molar-refractivity contribution in [3.63, 3.8) is 0 Å². The van der Waals surface area contributed by atoms with Crippen molar-refractivity contribution < 1.29 is 9.18 Å². The van der Waals surface area contributed by atoms with Gasteiger partial charge in [0.1, 0.15) is 5.82 Å². The first-order valence-corrected chi connectivity index (χ1v) is 8.88. The monoisotopic (exact) mass is 371 g/mol. The minimum absolute atomic E-state index is 0.0260. The van der Waals surface area contributed by atoms with Gasteiger partial charge in [-0.3, -0.25) is 9.48 Å². The zero-order valence-corrected chi connectivity index (χ0v) is 15.3. The van der Waals surface area contributed by atoms with Crippen molar-refractivity contribution in [1.82, 2.24) is 35.3 Å². The van der Waals surface area contributed by atoms with Gasteiger partial charge in [-0.05, 0) is 48.4 Å². The largest absolute Gasteiger partial charge is 0.348 e. The Bertz CT molecular complexity index is 887. The lowest BCUT2D eigenvalue weighted by molar-refractivity contribution is -0.122. The van der Waals surface area contributed by atoms with Gasteiger partial charge >= 0.3 is 0 Å². The van der Waals surface area contributed by atoms with Crippen LogP contribution in [0.3, 0.4) is 0 Å². The molecule has 0 aliphatic heterocycles. The molecule has 27 heavy (non-hydrogen) atoms. The van der Waals surface area contributed by atoms with E-state index in [1.165, 1.54) is 16.9 Å². The number of hydrogen-bond donors (Lipinski definition) is 1. The maximum Gasteiger partial charge on any atom is 0.220 e. The van der Waals surface area contributed by atoms with Gasteiger partial charge < -0.3 is 5.32 Å². The van der Waals surface area contributed by atoms with E-state index in [1.807, 2.05) is 20.0 Å². The number of amides is 1. The molecule has 1 N–H and O–H groups in total. The van der Waals surface area contributed by atoms with Gasteiger partial charge in [-0.15, -0.1) is 10.2 Å². The number of aryl methyl sites for hydroxylation is 2. The van der Waals surface area contributed by atoms with Crippen LogP contribution in [0.15, 0.2) is 36.5 Å². The minimum atomic E-state index is -0.311. The van der Waals surface area contributed by atoms with E-state index in [2.05, 4.69) is 25.8 Å². The summed E-state index contributed by atoms with van der Waals surface area (Å²) in [7, 11) is 1.86. The summed E-state index contributed by atoms with van der Waals surface area (Å²) in [5.41, 5.74) is 1.68. The molecule has 0 aliphatic carbocycles. The lowest BCUT2D eigenvalue weighted by atomic mass is 10.1. The topological polar surface area (TPSA) is 90.5 Å². The number of nitrogens with one attached hydrogen (secondary N) is 1. The van der Waals surface area contributed by atoms with Gasteiger partial charge in [0, 0.05) is 25.2 Å². The highest BCUT2D eigenvalue weighted by Gasteiger charge is 2.15. The summed E-state index contributed by atoms with van der Waals surface area (Å²) in [5.74, 6) is 0.0947. The van der Waals surface area contributed by atoms with Gasteiger partial charge in [0.05, 0.1) is 18.3 Å². The van der Waals surface area contributed by atoms with E-state index in [1.54, 1.807) is 23.0 Å². The van der Waals surface area contributed by atoms with Gasteiger partial charge in [0.15, 0.2) is 0 Å². The minimum Gasteiger partial charge on any atom is -0.348 e. The van der Waals surface area contributed by atoms with Crippen molar-refractivity contribution in [3.05, 3.63) is 48.0 Å². The number of tetrazole rings is 1. The molecule has 0 bridgehead atoms. The molecule has 2 heterocycles. The fraction of sp³-hybridized carbons (Fsp3) is 0.389. The van der Waals surface area contributed by atoms with Crippen LogP contribution in [-0.4, -0.2) is 35.9 Å². The lowest BCUT2D eigenvalue weighted by Gasteiger charge is -2.17. The van der Waals surface area contributed by atoms with Crippen LogP contribution in [-0.2, 0) is 18.4 Å². The van der Waals surface area contributed by atoms with Crippen LogP contribution in [0.5, 0.6) is 0 Å². The first kappa shape index (κ1) is 18.7. The third-order valence-corrected chi connectivity index (χ3v) is 4.28. The van der Waals surface area contributed by atoms with E-state index in [0.717, 1.165) is 12.1 Å². The number of halogens is 1. The van der Waals surface area contributed by atoms with E-state index in [4.69, 9.17) is 0 Å². The third-order valence-electron chi connectivity index (χ3n) is 4.28. The molecular formula is C18H22FN7O. The number of benzene rings is 1. The molecule has 9 heteroatoms. The molecule has 2 aromatic heterocycles. The molecular weight excluding hydrogens is 349 g/mol. The second-order valence-corrected chi connectivity index (χ2v) is 6.23. The molecule has 1 amide bonds. The van der Waals surface area contributed by atoms with E-state index in [9.17, 15) is 9.18 Å². The summed E-state index contributed by atoms with van der Waals surface area (Å²) in [6, 6.07) is 7.77. The van der Waals surface area contributed by atoms with Crippen LogP contribution < -0.4 is 5.32 Å². The number of rotatable bonds is 8. The highest BCUT2D eigenvalue weighted by Crippen LogP contribution is 2.16. The quantitative estimate of drug-likeness (QED) is 0.656. The summed E-state index contributed by atoms with van der Waals surface area (Å²) in [4.78, 5) is 13.7. The van der Waals surface area contributed by atoms with Crippen molar-refractivity contribution in [3.8, 4) is 11.4 Å². The molecule has 0 saturated carbocycles. The fourth-order valence-corrected chi connectivity index (χ4v) is 2.81. The molecule has 0 spiro atoms. The summed E-state index contributed by atoms with van der Waals surface area (Å²) in [5, 5.41) is 19.4. The highest BCUT2D eigenvalue weighted by atomic mass is 19.1. The van der Waals surface area contributed by atoms with Crippen LogP contribution in [0, 0.1) is 5.82 Å². The third kappa shape index (κ3) is 4.75. The number of nitrogens with zero attached hydrogens (tertiary/aromatic N) is 6. The molecule has 1 aromatic carbocycles. The van der Waals surface area contributed by atoms with Crippen molar-refractivity contribution >= 4 is 5.91 Å². The Morgan fingerprint density at radius 2 is 2.04 bits per heavy atom.